The molecule has 0 saturated heterocycles. The van der Waals surface area contributed by atoms with E-state index in [1.54, 1.807) is 0 Å². The molecule has 0 amide bonds. The molecule has 0 N–H and O–H groups in total. The molecule has 0 heterocycles. The van der Waals surface area contributed by atoms with Gasteiger partial charge in [-0.05, 0) is 89.9 Å². The molecule has 0 saturated carbocycles. The second-order valence-corrected chi connectivity index (χ2v) is 18.1. The summed E-state index contributed by atoms with van der Waals surface area (Å²) in [5.74, 6) is -0.908. The Hall–Kier alpha value is -3.15. The second kappa shape index (κ2) is 53.5. The lowest BCUT2D eigenvalue weighted by molar-refractivity contribution is -0.167. The maximum absolute atomic E-state index is 12.8. The van der Waals surface area contributed by atoms with E-state index in [0.29, 0.717) is 19.3 Å². The molecule has 0 aromatic rings. The third-order valence-corrected chi connectivity index (χ3v) is 11.7. The van der Waals surface area contributed by atoms with Crippen molar-refractivity contribution in [3.8, 4) is 0 Å². The van der Waals surface area contributed by atoms with Crippen molar-refractivity contribution in [1.29, 1.82) is 0 Å². The summed E-state index contributed by atoms with van der Waals surface area (Å²) >= 11 is 0. The highest BCUT2D eigenvalue weighted by Crippen LogP contribution is 2.15. The highest BCUT2D eigenvalue weighted by atomic mass is 16.6. The van der Waals surface area contributed by atoms with Gasteiger partial charge in [0.05, 0.1) is 0 Å². The van der Waals surface area contributed by atoms with E-state index in [4.69, 9.17) is 14.2 Å². The fraction of sp³-hybridized carbons (Fsp3) is 0.746. The Bertz CT molecular complexity index is 1230. The van der Waals surface area contributed by atoms with Crippen LogP contribution in [0.25, 0.3) is 0 Å². The van der Waals surface area contributed by atoms with E-state index in [-0.39, 0.29) is 31.1 Å². The number of ether oxygens (including phenoxy) is 3. The summed E-state index contributed by atoms with van der Waals surface area (Å²) < 4.78 is 16.7. The van der Waals surface area contributed by atoms with Crippen LogP contribution in [0.15, 0.2) is 72.9 Å². The normalized spacial score (nSPS) is 12.6. The van der Waals surface area contributed by atoms with Crippen LogP contribution in [-0.4, -0.2) is 37.2 Å². The maximum Gasteiger partial charge on any atom is 0.306 e. The van der Waals surface area contributed by atoms with E-state index in [1.165, 1.54) is 116 Å². The Morgan fingerprint density at radius 3 is 0.938 bits per heavy atom. The molecule has 0 bridgehead atoms. The van der Waals surface area contributed by atoms with Gasteiger partial charge in [0.1, 0.15) is 13.2 Å². The molecule has 0 radical (unpaired) electrons. The molecule has 0 rings (SSSR count). The molecule has 0 aliphatic heterocycles. The SMILES string of the molecule is CC/C=C\C/C=C\C/C=C\CCCCCCCC(=O)OC(COC(=O)CCCCCCCCC)COC(=O)CCCCCCCCCCCC/C=C\C/C=C\C/C=C\CCCCCCC. The zero-order valence-electron chi connectivity index (χ0n) is 42.7. The molecule has 374 valence electrons. The third-order valence-electron chi connectivity index (χ3n) is 11.7. The van der Waals surface area contributed by atoms with Crippen LogP contribution in [-0.2, 0) is 28.6 Å². The minimum atomic E-state index is -0.783. The van der Waals surface area contributed by atoms with Crippen molar-refractivity contribution < 1.29 is 28.6 Å². The first-order valence-corrected chi connectivity index (χ1v) is 27.4. The van der Waals surface area contributed by atoms with Crippen LogP contribution >= 0.6 is 0 Å². The van der Waals surface area contributed by atoms with E-state index >= 15 is 0 Å². The van der Waals surface area contributed by atoms with Crippen LogP contribution in [0.2, 0.25) is 0 Å². The first-order chi connectivity index (χ1) is 32.0. The smallest absolute Gasteiger partial charge is 0.306 e. The highest BCUT2D eigenvalue weighted by molar-refractivity contribution is 5.71. The van der Waals surface area contributed by atoms with E-state index in [9.17, 15) is 14.4 Å². The Morgan fingerprint density at radius 2 is 0.600 bits per heavy atom. The van der Waals surface area contributed by atoms with Crippen molar-refractivity contribution in [2.45, 2.75) is 271 Å². The van der Waals surface area contributed by atoms with Crippen molar-refractivity contribution in [3.63, 3.8) is 0 Å². The molecule has 0 aromatic carbocycles. The van der Waals surface area contributed by atoms with Gasteiger partial charge in [-0.3, -0.25) is 14.4 Å². The Balaban J connectivity index is 4.19. The standard InChI is InChI=1S/C59H102O6/c1-4-7-10-13-16-18-20-22-24-25-26-27-28-29-30-31-32-33-35-36-38-40-43-46-49-52-58(61)64-55-56(54-63-57(60)51-48-45-42-15-12-9-6-3)65-59(62)53-50-47-44-41-39-37-34-23-21-19-17-14-11-8-5-2/h8,11,17,19-20,22-23,25-26,28-29,34,56H,4-7,9-10,12-16,18,21,24,27,30-33,35-55H2,1-3H3/b11-8-,19-17-,22-20-,26-25-,29-28-,34-23-. The van der Waals surface area contributed by atoms with Crippen LogP contribution in [0.3, 0.4) is 0 Å². The van der Waals surface area contributed by atoms with Crippen molar-refractivity contribution in [2.75, 3.05) is 13.2 Å². The number of allylic oxidation sites excluding steroid dienone is 12. The van der Waals surface area contributed by atoms with Crippen molar-refractivity contribution in [3.05, 3.63) is 72.9 Å². The molecule has 0 spiro atoms. The molecular weight excluding hydrogens is 805 g/mol. The molecule has 6 nitrogen and oxygen atoms in total. The van der Waals surface area contributed by atoms with Crippen LogP contribution in [0.5, 0.6) is 0 Å². The van der Waals surface area contributed by atoms with Crippen LogP contribution in [0.4, 0.5) is 0 Å². The second-order valence-electron chi connectivity index (χ2n) is 18.1. The molecule has 6 heteroatoms. The topological polar surface area (TPSA) is 78.9 Å². The number of carbonyl (C=O) groups excluding carboxylic acids is 3. The van der Waals surface area contributed by atoms with Gasteiger partial charge in [-0.2, -0.15) is 0 Å². The minimum absolute atomic E-state index is 0.0831. The summed E-state index contributed by atoms with van der Waals surface area (Å²) in [6, 6.07) is 0. The number of unbranched alkanes of at least 4 members (excludes halogenated alkanes) is 26. The molecule has 0 aliphatic rings. The van der Waals surface area contributed by atoms with Gasteiger partial charge in [0.25, 0.3) is 0 Å². The average Bonchev–Trinajstić information content (AvgIpc) is 3.30. The van der Waals surface area contributed by atoms with Crippen LogP contribution in [0.1, 0.15) is 265 Å². The van der Waals surface area contributed by atoms with Crippen LogP contribution in [0, 0.1) is 0 Å². The molecule has 0 fully saturated rings. The van der Waals surface area contributed by atoms with Gasteiger partial charge in [0.2, 0.25) is 0 Å². The van der Waals surface area contributed by atoms with Gasteiger partial charge in [-0.1, -0.05) is 229 Å². The zero-order chi connectivity index (χ0) is 47.2. The fourth-order valence-electron chi connectivity index (χ4n) is 7.58. The van der Waals surface area contributed by atoms with Gasteiger partial charge < -0.3 is 14.2 Å². The zero-order valence-corrected chi connectivity index (χ0v) is 42.7. The fourth-order valence-corrected chi connectivity index (χ4v) is 7.58. The lowest BCUT2D eigenvalue weighted by Crippen LogP contribution is -2.30. The van der Waals surface area contributed by atoms with Crippen molar-refractivity contribution >= 4 is 17.9 Å². The third kappa shape index (κ3) is 51.7. The van der Waals surface area contributed by atoms with Crippen molar-refractivity contribution in [1.82, 2.24) is 0 Å². The lowest BCUT2D eigenvalue weighted by Gasteiger charge is -2.18. The first kappa shape index (κ1) is 61.9. The highest BCUT2D eigenvalue weighted by Gasteiger charge is 2.19. The molecule has 65 heavy (non-hydrogen) atoms. The molecule has 0 aromatic heterocycles. The van der Waals surface area contributed by atoms with E-state index in [2.05, 4.69) is 93.7 Å². The predicted molar refractivity (Wildman–Crippen MR) is 279 cm³/mol. The Labute approximate surface area is 402 Å². The summed E-state index contributed by atoms with van der Waals surface area (Å²) in [6.07, 6.45) is 67.7. The molecule has 1 unspecified atom stereocenters. The Morgan fingerprint density at radius 1 is 0.323 bits per heavy atom. The lowest BCUT2D eigenvalue weighted by atomic mass is 10.1. The number of esters is 3. The maximum atomic E-state index is 12.8. The summed E-state index contributed by atoms with van der Waals surface area (Å²) in [5.41, 5.74) is 0. The molecule has 1 atom stereocenters. The summed E-state index contributed by atoms with van der Waals surface area (Å²) in [7, 11) is 0. The van der Waals surface area contributed by atoms with Gasteiger partial charge >= 0.3 is 17.9 Å². The number of hydrogen-bond donors (Lipinski definition) is 0. The predicted octanol–water partition coefficient (Wildman–Crippen LogP) is 18.2. The van der Waals surface area contributed by atoms with Crippen molar-refractivity contribution in [2.24, 2.45) is 0 Å². The van der Waals surface area contributed by atoms with Crippen LogP contribution < -0.4 is 0 Å². The van der Waals surface area contributed by atoms with E-state index in [1.807, 2.05) is 0 Å². The average molecular weight is 907 g/mol. The van der Waals surface area contributed by atoms with Gasteiger partial charge in [0, 0.05) is 19.3 Å². The van der Waals surface area contributed by atoms with Gasteiger partial charge in [0.15, 0.2) is 6.10 Å². The van der Waals surface area contributed by atoms with E-state index in [0.717, 1.165) is 109 Å². The molecule has 0 aliphatic carbocycles. The quantitative estimate of drug-likeness (QED) is 0.0262. The summed E-state index contributed by atoms with van der Waals surface area (Å²) in [5, 5.41) is 0. The van der Waals surface area contributed by atoms with Gasteiger partial charge in [-0.25, -0.2) is 0 Å². The van der Waals surface area contributed by atoms with Gasteiger partial charge in [-0.15, -0.1) is 0 Å². The minimum Gasteiger partial charge on any atom is -0.462 e. The Kier molecular flexibility index (Phi) is 50.9. The molecular formula is C59H102O6. The summed E-state index contributed by atoms with van der Waals surface area (Å²) in [4.78, 5) is 37.9. The largest absolute Gasteiger partial charge is 0.462 e. The van der Waals surface area contributed by atoms with E-state index < -0.39 is 6.10 Å². The summed E-state index contributed by atoms with van der Waals surface area (Å²) in [6.45, 7) is 6.46. The first-order valence-electron chi connectivity index (χ1n) is 27.4. The monoisotopic (exact) mass is 907 g/mol. The number of rotatable bonds is 49. The number of carbonyl (C=O) groups is 3. The number of hydrogen-bond acceptors (Lipinski definition) is 6.